The highest BCUT2D eigenvalue weighted by Crippen LogP contribution is 2.65. The average molecular weight is 414 g/mol. The summed E-state index contributed by atoms with van der Waals surface area (Å²) in [6.45, 7) is 1.00. The maximum absolute atomic E-state index is 12.9. The number of halogens is 1. The smallest absolute Gasteiger partial charge is 0.283 e. The van der Waals surface area contributed by atoms with E-state index in [0.29, 0.717) is 24.0 Å². The molecule has 1 aromatic carbocycles. The number of Topliss-reactive ketones (excluding diaryl/α,β-unsaturated/α-hetero) is 1. The Bertz CT molecular complexity index is 1050. The SMILES string of the molecule is COc1cc(Cl)cnc1C(=O)Cc1ccc2c(c1)C1(COC(N)=N1)C1(CC1)CO2. The van der Waals surface area contributed by atoms with Gasteiger partial charge in [-0.1, -0.05) is 17.7 Å². The molecule has 2 N–H and O–H groups in total. The average Bonchev–Trinajstić information content (AvgIpc) is 3.40. The zero-order valence-electron chi connectivity index (χ0n) is 15.9. The number of rotatable bonds is 4. The Morgan fingerprint density at radius 1 is 1.28 bits per heavy atom. The highest BCUT2D eigenvalue weighted by Gasteiger charge is 2.66. The number of nitrogens with zero attached hydrogens (tertiary/aromatic N) is 2. The first-order chi connectivity index (χ1) is 14.0. The van der Waals surface area contributed by atoms with Crippen LogP contribution in [0.25, 0.3) is 0 Å². The highest BCUT2D eigenvalue weighted by atomic mass is 35.5. The van der Waals surface area contributed by atoms with Gasteiger partial charge in [0, 0.05) is 29.7 Å². The summed E-state index contributed by atoms with van der Waals surface area (Å²) in [5, 5.41) is 0.415. The molecule has 3 aliphatic rings. The van der Waals surface area contributed by atoms with Crippen LogP contribution in [0.15, 0.2) is 35.5 Å². The number of methoxy groups -OCH3 is 1. The van der Waals surface area contributed by atoms with Crippen molar-refractivity contribution in [3.05, 3.63) is 52.3 Å². The van der Waals surface area contributed by atoms with Crippen molar-refractivity contribution >= 4 is 23.4 Å². The van der Waals surface area contributed by atoms with E-state index in [1.54, 1.807) is 6.07 Å². The van der Waals surface area contributed by atoms with Gasteiger partial charge in [-0.3, -0.25) is 4.79 Å². The van der Waals surface area contributed by atoms with E-state index in [1.165, 1.54) is 13.3 Å². The number of hydrogen-bond donors (Lipinski definition) is 1. The molecule has 1 fully saturated rings. The molecule has 1 atom stereocenters. The van der Waals surface area contributed by atoms with E-state index in [9.17, 15) is 4.79 Å². The van der Waals surface area contributed by atoms with E-state index in [0.717, 1.165) is 29.7 Å². The van der Waals surface area contributed by atoms with E-state index in [4.69, 9.17) is 36.5 Å². The molecular formula is C21H20ClN3O4. The van der Waals surface area contributed by atoms with Crippen LogP contribution >= 0.6 is 11.6 Å². The molecule has 1 saturated carbocycles. The van der Waals surface area contributed by atoms with Crippen molar-refractivity contribution in [3.8, 4) is 11.5 Å². The summed E-state index contributed by atoms with van der Waals surface area (Å²) in [5.41, 5.74) is 7.29. The zero-order valence-corrected chi connectivity index (χ0v) is 16.7. The van der Waals surface area contributed by atoms with Crippen molar-refractivity contribution in [2.45, 2.75) is 24.8 Å². The molecule has 2 aromatic rings. The van der Waals surface area contributed by atoms with E-state index in [-0.39, 0.29) is 29.3 Å². The van der Waals surface area contributed by atoms with Crippen LogP contribution < -0.4 is 15.2 Å². The van der Waals surface area contributed by atoms with E-state index in [1.807, 2.05) is 18.2 Å². The first kappa shape index (κ1) is 18.2. The number of benzene rings is 1. The number of aliphatic imine (C=N–C) groups is 1. The summed E-state index contributed by atoms with van der Waals surface area (Å²) in [6.07, 6.45) is 3.64. The molecule has 0 saturated heterocycles. The molecule has 1 aromatic heterocycles. The number of carbonyl (C=O) groups is 1. The van der Waals surface area contributed by atoms with Crippen LogP contribution in [0.3, 0.4) is 0 Å². The quantitative estimate of drug-likeness (QED) is 0.774. The number of ketones is 1. The Hall–Kier alpha value is -2.80. The summed E-state index contributed by atoms with van der Waals surface area (Å²) < 4.78 is 16.9. The van der Waals surface area contributed by atoms with Gasteiger partial charge in [-0.25, -0.2) is 9.98 Å². The Labute approximate surface area is 172 Å². The maximum atomic E-state index is 12.9. The minimum absolute atomic E-state index is 0.0787. The molecule has 0 bridgehead atoms. The maximum Gasteiger partial charge on any atom is 0.283 e. The minimum atomic E-state index is -0.542. The molecule has 0 radical (unpaired) electrons. The van der Waals surface area contributed by atoms with Crippen LogP contribution in [-0.2, 0) is 16.7 Å². The van der Waals surface area contributed by atoms with Gasteiger partial charge >= 0.3 is 0 Å². The predicted octanol–water partition coefficient (Wildman–Crippen LogP) is 2.88. The number of nitrogens with two attached hydrogens (primary N) is 1. The van der Waals surface area contributed by atoms with Gasteiger partial charge in [0.2, 0.25) is 0 Å². The van der Waals surface area contributed by atoms with Gasteiger partial charge in [0.15, 0.2) is 5.78 Å². The van der Waals surface area contributed by atoms with Crippen molar-refractivity contribution in [3.63, 3.8) is 0 Å². The lowest BCUT2D eigenvalue weighted by Crippen LogP contribution is -2.44. The number of carbonyl (C=O) groups excluding carboxylic acids is 1. The Morgan fingerprint density at radius 2 is 2.10 bits per heavy atom. The van der Waals surface area contributed by atoms with Gasteiger partial charge in [0.1, 0.15) is 29.3 Å². The topological polar surface area (TPSA) is 96.0 Å². The van der Waals surface area contributed by atoms with Gasteiger partial charge in [-0.05, 0) is 30.5 Å². The summed E-state index contributed by atoms with van der Waals surface area (Å²) >= 11 is 5.95. The van der Waals surface area contributed by atoms with Crippen LogP contribution in [0, 0.1) is 5.41 Å². The van der Waals surface area contributed by atoms with E-state index >= 15 is 0 Å². The number of fused-ring (bicyclic) bond motifs is 3. The third kappa shape index (κ3) is 2.75. The second-order valence-electron chi connectivity index (χ2n) is 7.80. The predicted molar refractivity (Wildman–Crippen MR) is 107 cm³/mol. The largest absolute Gasteiger partial charge is 0.494 e. The van der Waals surface area contributed by atoms with Crippen molar-refractivity contribution in [1.29, 1.82) is 0 Å². The third-order valence-electron chi connectivity index (χ3n) is 6.12. The molecule has 8 heteroatoms. The van der Waals surface area contributed by atoms with E-state index in [2.05, 4.69) is 4.98 Å². The standard InChI is InChI=1S/C21H20ClN3O4/c1-27-17-8-13(22)9-24-18(17)15(26)7-12-2-3-16-14(6-12)21(11-29-19(23)25-21)20(4-5-20)10-28-16/h2-3,6,8-9H,4-5,7,10-11H2,1H3,(H2,23,25). The molecule has 150 valence electrons. The Balaban J connectivity index is 1.50. The Kier molecular flexibility index (Phi) is 4.00. The van der Waals surface area contributed by atoms with Gasteiger partial charge in [0.25, 0.3) is 6.02 Å². The molecule has 2 aliphatic heterocycles. The second kappa shape index (κ2) is 6.35. The molecule has 3 heterocycles. The van der Waals surface area contributed by atoms with Crippen molar-refractivity contribution in [1.82, 2.24) is 4.98 Å². The van der Waals surface area contributed by atoms with Gasteiger partial charge in [-0.15, -0.1) is 0 Å². The number of amidine groups is 1. The van der Waals surface area contributed by atoms with Crippen LogP contribution in [0.1, 0.15) is 34.5 Å². The van der Waals surface area contributed by atoms with Gasteiger partial charge in [-0.2, -0.15) is 0 Å². The summed E-state index contributed by atoms with van der Waals surface area (Å²) in [4.78, 5) is 21.8. The van der Waals surface area contributed by atoms with Crippen LogP contribution in [0.4, 0.5) is 0 Å². The fourth-order valence-electron chi connectivity index (χ4n) is 4.36. The lowest BCUT2D eigenvalue weighted by atomic mass is 9.74. The number of ether oxygens (including phenoxy) is 3. The second-order valence-corrected chi connectivity index (χ2v) is 8.24. The molecule has 7 nitrogen and oxygen atoms in total. The fourth-order valence-corrected chi connectivity index (χ4v) is 4.51. The molecule has 2 spiro atoms. The lowest BCUT2D eigenvalue weighted by Gasteiger charge is -2.39. The van der Waals surface area contributed by atoms with Crippen LogP contribution in [0.2, 0.25) is 5.02 Å². The lowest BCUT2D eigenvalue weighted by molar-refractivity contribution is 0.0869. The Morgan fingerprint density at radius 3 is 2.79 bits per heavy atom. The summed E-state index contributed by atoms with van der Waals surface area (Å²) in [7, 11) is 1.49. The fraction of sp³-hybridized carbons (Fsp3) is 0.381. The third-order valence-corrected chi connectivity index (χ3v) is 6.33. The first-order valence-electron chi connectivity index (χ1n) is 9.43. The number of pyridine rings is 1. The van der Waals surface area contributed by atoms with Gasteiger partial charge in [0.05, 0.1) is 18.7 Å². The highest BCUT2D eigenvalue weighted by molar-refractivity contribution is 6.30. The molecule has 1 unspecified atom stereocenters. The van der Waals surface area contributed by atoms with Crippen LogP contribution in [0.5, 0.6) is 11.5 Å². The van der Waals surface area contributed by atoms with Crippen LogP contribution in [-0.4, -0.2) is 37.1 Å². The van der Waals surface area contributed by atoms with Crippen molar-refractivity contribution in [2.75, 3.05) is 20.3 Å². The summed E-state index contributed by atoms with van der Waals surface area (Å²) in [5.74, 6) is 0.970. The first-order valence-corrected chi connectivity index (χ1v) is 9.81. The molecule has 0 amide bonds. The minimum Gasteiger partial charge on any atom is -0.494 e. The molecule has 5 rings (SSSR count). The van der Waals surface area contributed by atoms with Gasteiger partial charge < -0.3 is 19.9 Å². The molecule has 29 heavy (non-hydrogen) atoms. The van der Waals surface area contributed by atoms with E-state index < -0.39 is 5.54 Å². The zero-order chi connectivity index (χ0) is 20.2. The molecular weight excluding hydrogens is 394 g/mol. The summed E-state index contributed by atoms with van der Waals surface area (Å²) in [6, 6.07) is 7.56. The number of hydrogen-bond acceptors (Lipinski definition) is 7. The molecule has 1 aliphatic carbocycles. The number of aromatic nitrogens is 1. The normalized spacial score (nSPS) is 23.2. The monoisotopic (exact) mass is 413 g/mol. The van der Waals surface area contributed by atoms with Crippen molar-refractivity contribution < 1.29 is 19.0 Å². The van der Waals surface area contributed by atoms with Crippen molar-refractivity contribution in [2.24, 2.45) is 16.1 Å².